The molecule has 0 atom stereocenters. The zero-order valence-corrected chi connectivity index (χ0v) is 11.3. The normalized spacial score (nSPS) is 16.0. The first-order valence-corrected chi connectivity index (χ1v) is 6.40. The van der Waals surface area contributed by atoms with Crippen molar-refractivity contribution in [2.45, 2.75) is 19.0 Å². The largest absolute Gasteiger partial charge is 0.481 e. The molecule has 0 aliphatic heterocycles. The lowest BCUT2D eigenvalue weighted by molar-refractivity contribution is -0.154. The first-order valence-electron chi connectivity index (χ1n) is 6.40. The molecular weight excluding hydrogens is 305 g/mol. The number of amides is 1. The van der Waals surface area contributed by atoms with Gasteiger partial charge in [0.05, 0.1) is 5.41 Å². The Bertz CT molecular complexity index is 585. The van der Waals surface area contributed by atoms with Crippen molar-refractivity contribution in [3.8, 4) is 5.88 Å². The number of carbonyl (C=O) groups excluding carboxylic acids is 1. The summed E-state index contributed by atoms with van der Waals surface area (Å²) >= 11 is 0. The van der Waals surface area contributed by atoms with Gasteiger partial charge >= 0.3 is 12.1 Å². The summed E-state index contributed by atoms with van der Waals surface area (Å²) in [5.41, 5.74) is -1.14. The van der Waals surface area contributed by atoms with Crippen LogP contribution < -0.4 is 10.1 Å². The van der Waals surface area contributed by atoms with Gasteiger partial charge in [-0.2, -0.15) is 13.2 Å². The Balaban J connectivity index is 2.02. The number of pyridine rings is 1. The first-order chi connectivity index (χ1) is 10.2. The van der Waals surface area contributed by atoms with E-state index in [-0.39, 0.29) is 12.1 Å². The van der Waals surface area contributed by atoms with Gasteiger partial charge in [-0.25, -0.2) is 4.98 Å². The van der Waals surface area contributed by atoms with E-state index in [1.54, 1.807) is 0 Å². The van der Waals surface area contributed by atoms with Gasteiger partial charge in [-0.3, -0.25) is 9.59 Å². The fourth-order valence-corrected chi connectivity index (χ4v) is 1.79. The summed E-state index contributed by atoms with van der Waals surface area (Å²) in [5, 5.41) is 11.4. The predicted molar refractivity (Wildman–Crippen MR) is 67.4 cm³/mol. The van der Waals surface area contributed by atoms with Crippen molar-refractivity contribution in [3.05, 3.63) is 23.9 Å². The Hall–Kier alpha value is -2.32. The smallest absolute Gasteiger partial charge is 0.422 e. The van der Waals surface area contributed by atoms with E-state index in [9.17, 15) is 22.8 Å². The highest BCUT2D eigenvalue weighted by atomic mass is 19.4. The standard InChI is InChI=1S/C13H13F3N2O4/c14-13(15,16)7-22-10-8(2-1-5-17-10)9(19)18-6-12(3-4-12)11(20)21/h1-2,5H,3-4,6-7H2,(H,18,19)(H,20,21). The second-order valence-electron chi connectivity index (χ2n) is 5.03. The van der Waals surface area contributed by atoms with E-state index >= 15 is 0 Å². The van der Waals surface area contributed by atoms with Crippen LogP contribution in [0, 0.1) is 5.41 Å². The summed E-state index contributed by atoms with van der Waals surface area (Å²) in [6, 6.07) is 2.63. The zero-order chi connectivity index (χ0) is 16.4. The van der Waals surface area contributed by atoms with Crippen molar-refractivity contribution < 1.29 is 32.6 Å². The van der Waals surface area contributed by atoms with Gasteiger partial charge in [-0.05, 0) is 25.0 Å². The molecular formula is C13H13F3N2O4. The Kier molecular flexibility index (Phi) is 4.25. The van der Waals surface area contributed by atoms with Gasteiger partial charge in [0.1, 0.15) is 5.56 Å². The van der Waals surface area contributed by atoms with Crippen LogP contribution in [0.25, 0.3) is 0 Å². The number of carbonyl (C=O) groups is 2. The van der Waals surface area contributed by atoms with Gasteiger partial charge in [0.25, 0.3) is 5.91 Å². The van der Waals surface area contributed by atoms with Crippen molar-refractivity contribution in [2.75, 3.05) is 13.2 Å². The van der Waals surface area contributed by atoms with Crippen molar-refractivity contribution in [1.29, 1.82) is 0 Å². The summed E-state index contributed by atoms with van der Waals surface area (Å²) in [5.74, 6) is -2.18. The Morgan fingerprint density at radius 2 is 2.09 bits per heavy atom. The number of aromatic nitrogens is 1. The molecule has 1 aromatic rings. The second kappa shape index (κ2) is 5.82. The molecule has 1 amide bonds. The second-order valence-corrected chi connectivity index (χ2v) is 5.03. The van der Waals surface area contributed by atoms with E-state index in [4.69, 9.17) is 5.11 Å². The number of hydrogen-bond donors (Lipinski definition) is 2. The molecule has 9 heteroatoms. The van der Waals surface area contributed by atoms with Crippen LogP contribution in [-0.4, -0.2) is 41.3 Å². The SMILES string of the molecule is O=C(NCC1(C(=O)O)CC1)c1cccnc1OCC(F)(F)F. The topological polar surface area (TPSA) is 88.5 Å². The van der Waals surface area contributed by atoms with Crippen LogP contribution in [0.15, 0.2) is 18.3 Å². The molecule has 1 fully saturated rings. The molecule has 2 N–H and O–H groups in total. The van der Waals surface area contributed by atoms with E-state index in [0.717, 1.165) is 0 Å². The van der Waals surface area contributed by atoms with Gasteiger partial charge < -0.3 is 15.2 Å². The Labute approximate surface area is 123 Å². The quantitative estimate of drug-likeness (QED) is 0.832. The minimum absolute atomic E-state index is 0.0885. The summed E-state index contributed by atoms with van der Waals surface area (Å²) in [4.78, 5) is 26.6. The number of hydrogen-bond acceptors (Lipinski definition) is 4. The van der Waals surface area contributed by atoms with Crippen molar-refractivity contribution in [1.82, 2.24) is 10.3 Å². The molecule has 120 valence electrons. The van der Waals surface area contributed by atoms with Crippen LogP contribution in [0.5, 0.6) is 5.88 Å². The molecule has 1 aromatic heterocycles. The molecule has 1 saturated carbocycles. The number of nitrogens with zero attached hydrogens (tertiary/aromatic N) is 1. The summed E-state index contributed by atoms with van der Waals surface area (Å²) in [7, 11) is 0. The molecule has 0 radical (unpaired) electrons. The van der Waals surface area contributed by atoms with Crippen LogP contribution in [0.2, 0.25) is 0 Å². The number of carboxylic acids is 1. The highest BCUT2D eigenvalue weighted by molar-refractivity contribution is 5.96. The molecule has 0 bridgehead atoms. The highest BCUT2D eigenvalue weighted by Crippen LogP contribution is 2.45. The van der Waals surface area contributed by atoms with E-state index < -0.39 is 36.0 Å². The third-order valence-corrected chi connectivity index (χ3v) is 3.28. The van der Waals surface area contributed by atoms with Gasteiger partial charge in [0.2, 0.25) is 5.88 Å². The van der Waals surface area contributed by atoms with Gasteiger partial charge in [-0.15, -0.1) is 0 Å². The molecule has 2 rings (SSSR count). The number of nitrogens with one attached hydrogen (secondary N) is 1. The monoisotopic (exact) mass is 318 g/mol. The maximum atomic E-state index is 12.2. The third kappa shape index (κ3) is 3.86. The van der Waals surface area contributed by atoms with Crippen molar-refractivity contribution >= 4 is 11.9 Å². The fourth-order valence-electron chi connectivity index (χ4n) is 1.79. The van der Waals surface area contributed by atoms with Crippen LogP contribution in [0.3, 0.4) is 0 Å². The highest BCUT2D eigenvalue weighted by Gasteiger charge is 2.50. The maximum absolute atomic E-state index is 12.2. The molecule has 0 spiro atoms. The molecule has 1 aliphatic carbocycles. The average Bonchev–Trinajstić information content (AvgIpc) is 3.23. The van der Waals surface area contributed by atoms with Gasteiger partial charge in [-0.1, -0.05) is 0 Å². The van der Waals surface area contributed by atoms with Crippen molar-refractivity contribution in [3.63, 3.8) is 0 Å². The number of aliphatic carboxylic acids is 1. The predicted octanol–water partition coefficient (Wildman–Crippen LogP) is 1.62. The number of carboxylic acid groups (broad SMARTS) is 1. The number of rotatable bonds is 6. The Morgan fingerprint density at radius 3 is 2.64 bits per heavy atom. The molecule has 1 heterocycles. The van der Waals surface area contributed by atoms with Gasteiger partial charge in [0.15, 0.2) is 6.61 Å². The Morgan fingerprint density at radius 1 is 1.41 bits per heavy atom. The van der Waals surface area contributed by atoms with Crippen LogP contribution >= 0.6 is 0 Å². The van der Waals surface area contributed by atoms with E-state index in [1.165, 1.54) is 18.3 Å². The van der Waals surface area contributed by atoms with Crippen LogP contribution in [0.4, 0.5) is 13.2 Å². The van der Waals surface area contributed by atoms with E-state index in [2.05, 4.69) is 15.0 Å². The lowest BCUT2D eigenvalue weighted by atomic mass is 10.1. The zero-order valence-electron chi connectivity index (χ0n) is 11.3. The van der Waals surface area contributed by atoms with Crippen LogP contribution in [0.1, 0.15) is 23.2 Å². The van der Waals surface area contributed by atoms with Crippen molar-refractivity contribution in [2.24, 2.45) is 5.41 Å². The number of alkyl halides is 3. The number of ether oxygens (including phenoxy) is 1. The summed E-state index contributed by atoms with van der Waals surface area (Å²) < 4.78 is 41.0. The minimum atomic E-state index is -4.55. The molecule has 6 nitrogen and oxygen atoms in total. The van der Waals surface area contributed by atoms with E-state index in [1.807, 2.05) is 0 Å². The average molecular weight is 318 g/mol. The molecule has 22 heavy (non-hydrogen) atoms. The third-order valence-electron chi connectivity index (χ3n) is 3.28. The summed E-state index contributed by atoms with van der Waals surface area (Å²) in [6.45, 7) is -1.65. The van der Waals surface area contributed by atoms with Gasteiger partial charge in [0, 0.05) is 12.7 Å². The minimum Gasteiger partial charge on any atom is -0.481 e. The lowest BCUT2D eigenvalue weighted by Crippen LogP contribution is -2.34. The fraction of sp³-hybridized carbons (Fsp3) is 0.462. The first kappa shape index (κ1) is 16.1. The lowest BCUT2D eigenvalue weighted by Gasteiger charge is -2.14. The molecule has 0 saturated heterocycles. The molecule has 0 aromatic carbocycles. The van der Waals surface area contributed by atoms with Crippen LogP contribution in [-0.2, 0) is 4.79 Å². The van der Waals surface area contributed by atoms with E-state index in [0.29, 0.717) is 12.8 Å². The molecule has 1 aliphatic rings. The molecule has 0 unspecified atom stereocenters. The number of halogens is 3. The maximum Gasteiger partial charge on any atom is 0.422 e. The summed E-state index contributed by atoms with van der Waals surface area (Å²) in [6.07, 6.45) is -2.45.